The van der Waals surface area contributed by atoms with Gasteiger partial charge >= 0.3 is 0 Å². The highest BCUT2D eigenvalue weighted by molar-refractivity contribution is 7.92. The number of hydrogen-bond donors (Lipinski definition) is 2. The largest absolute Gasteiger partial charge is 0.497 e. The Morgan fingerprint density at radius 2 is 1.70 bits per heavy atom. The first-order chi connectivity index (χ1) is 14.4. The van der Waals surface area contributed by atoms with E-state index in [0.29, 0.717) is 11.4 Å². The van der Waals surface area contributed by atoms with E-state index < -0.39 is 14.9 Å². The number of sulfonamides is 1. The SMILES string of the molecule is COc1ccc(NS(=O)(=O)c2ccc(NN=C3CCCCCC3)c([N+](=O)[O-])c2)cc1. The molecule has 1 fully saturated rings. The number of hydrogen-bond acceptors (Lipinski definition) is 7. The summed E-state index contributed by atoms with van der Waals surface area (Å²) in [5.41, 5.74) is 3.84. The third-order valence-electron chi connectivity index (χ3n) is 4.83. The molecule has 1 saturated carbocycles. The van der Waals surface area contributed by atoms with Gasteiger partial charge < -0.3 is 4.74 Å². The van der Waals surface area contributed by atoms with Crippen LogP contribution in [0.5, 0.6) is 5.75 Å². The van der Waals surface area contributed by atoms with Gasteiger partial charge in [-0.1, -0.05) is 12.8 Å². The Balaban J connectivity index is 1.82. The quantitative estimate of drug-likeness (QED) is 0.376. The summed E-state index contributed by atoms with van der Waals surface area (Å²) in [6, 6.07) is 10.0. The van der Waals surface area contributed by atoms with Crippen LogP contribution in [-0.4, -0.2) is 26.2 Å². The number of ether oxygens (including phenoxy) is 1. The zero-order valence-electron chi connectivity index (χ0n) is 16.6. The Morgan fingerprint density at radius 3 is 2.30 bits per heavy atom. The molecule has 0 heterocycles. The highest BCUT2D eigenvalue weighted by Gasteiger charge is 2.22. The predicted molar refractivity (Wildman–Crippen MR) is 116 cm³/mol. The molecule has 0 amide bonds. The van der Waals surface area contributed by atoms with Crippen LogP contribution >= 0.6 is 0 Å². The van der Waals surface area contributed by atoms with Gasteiger partial charge in [0.05, 0.1) is 16.9 Å². The lowest BCUT2D eigenvalue weighted by atomic mass is 10.2. The topological polar surface area (TPSA) is 123 Å². The second-order valence-electron chi connectivity index (χ2n) is 6.97. The fourth-order valence-corrected chi connectivity index (χ4v) is 4.26. The molecule has 3 rings (SSSR count). The van der Waals surface area contributed by atoms with E-state index in [0.717, 1.165) is 50.3 Å². The Bertz CT molecular complexity index is 1030. The molecule has 0 aromatic heterocycles. The minimum absolute atomic E-state index is 0.153. The van der Waals surface area contributed by atoms with Crippen molar-refractivity contribution in [2.24, 2.45) is 5.10 Å². The molecule has 0 atom stereocenters. The molecule has 0 unspecified atom stereocenters. The third-order valence-corrected chi connectivity index (χ3v) is 6.21. The summed E-state index contributed by atoms with van der Waals surface area (Å²) in [4.78, 5) is 10.7. The summed E-state index contributed by atoms with van der Waals surface area (Å²) in [6.45, 7) is 0. The number of rotatable bonds is 7. The molecule has 2 N–H and O–H groups in total. The lowest BCUT2D eigenvalue weighted by Gasteiger charge is -2.10. The maximum absolute atomic E-state index is 12.7. The summed E-state index contributed by atoms with van der Waals surface area (Å²) >= 11 is 0. The number of benzene rings is 2. The second-order valence-corrected chi connectivity index (χ2v) is 8.66. The molecule has 2 aromatic rings. The van der Waals surface area contributed by atoms with Gasteiger partial charge in [-0.05, 0) is 62.1 Å². The van der Waals surface area contributed by atoms with Crippen LogP contribution in [0.1, 0.15) is 38.5 Å². The van der Waals surface area contributed by atoms with E-state index in [-0.39, 0.29) is 16.3 Å². The van der Waals surface area contributed by atoms with E-state index in [2.05, 4.69) is 15.2 Å². The van der Waals surface area contributed by atoms with E-state index in [1.807, 2.05) is 0 Å². The van der Waals surface area contributed by atoms with Crippen LogP contribution in [-0.2, 0) is 10.0 Å². The summed E-state index contributed by atoms with van der Waals surface area (Å²) in [5, 5.41) is 15.8. The van der Waals surface area contributed by atoms with Crippen molar-refractivity contribution in [2.75, 3.05) is 17.3 Å². The maximum Gasteiger partial charge on any atom is 0.295 e. The minimum Gasteiger partial charge on any atom is -0.497 e. The first kappa shape index (κ1) is 21.6. The molecule has 1 aliphatic carbocycles. The van der Waals surface area contributed by atoms with Crippen molar-refractivity contribution < 1.29 is 18.1 Å². The van der Waals surface area contributed by atoms with Crippen LogP contribution < -0.4 is 14.9 Å². The number of methoxy groups -OCH3 is 1. The standard InChI is InChI=1S/C20H24N4O5S/c1-29-17-10-8-16(9-11-17)23-30(27,28)18-12-13-19(20(14-18)24(25)26)22-21-15-6-4-2-3-5-7-15/h8-14,22-23H,2-7H2,1H3. The Labute approximate surface area is 175 Å². The van der Waals surface area contributed by atoms with Crippen LogP contribution in [0.2, 0.25) is 0 Å². The van der Waals surface area contributed by atoms with Crippen molar-refractivity contribution in [3.63, 3.8) is 0 Å². The normalized spacial score (nSPS) is 14.5. The van der Waals surface area contributed by atoms with Gasteiger partial charge in [0.25, 0.3) is 15.7 Å². The maximum atomic E-state index is 12.7. The summed E-state index contributed by atoms with van der Waals surface area (Å²) in [5.74, 6) is 0.583. The number of nitrogens with one attached hydrogen (secondary N) is 2. The van der Waals surface area contributed by atoms with Crippen LogP contribution in [0.4, 0.5) is 17.1 Å². The average Bonchev–Trinajstić information content (AvgIpc) is 3.01. The van der Waals surface area contributed by atoms with Crippen LogP contribution in [0.3, 0.4) is 0 Å². The van der Waals surface area contributed by atoms with Gasteiger partial charge in [0, 0.05) is 17.5 Å². The molecule has 160 valence electrons. The highest BCUT2D eigenvalue weighted by Crippen LogP contribution is 2.29. The predicted octanol–water partition coefficient (Wildman–Crippen LogP) is 4.53. The van der Waals surface area contributed by atoms with Gasteiger partial charge in [0.15, 0.2) is 0 Å². The molecule has 2 aromatic carbocycles. The molecule has 30 heavy (non-hydrogen) atoms. The molecule has 0 radical (unpaired) electrons. The van der Waals surface area contributed by atoms with Gasteiger partial charge in [-0.2, -0.15) is 5.10 Å². The van der Waals surface area contributed by atoms with E-state index in [4.69, 9.17) is 4.74 Å². The Morgan fingerprint density at radius 1 is 1.03 bits per heavy atom. The number of nitro groups is 1. The van der Waals surface area contributed by atoms with Crippen molar-refractivity contribution in [3.8, 4) is 5.75 Å². The van der Waals surface area contributed by atoms with Gasteiger partial charge in [0.1, 0.15) is 11.4 Å². The van der Waals surface area contributed by atoms with E-state index >= 15 is 0 Å². The van der Waals surface area contributed by atoms with Crippen LogP contribution in [0, 0.1) is 10.1 Å². The fraction of sp³-hybridized carbons (Fsp3) is 0.350. The average molecular weight is 433 g/mol. The van der Waals surface area contributed by atoms with Crippen molar-refractivity contribution in [1.82, 2.24) is 0 Å². The van der Waals surface area contributed by atoms with Crippen LogP contribution in [0.15, 0.2) is 52.5 Å². The molecule has 10 heteroatoms. The zero-order chi connectivity index (χ0) is 21.6. The van der Waals surface area contributed by atoms with Crippen molar-refractivity contribution in [3.05, 3.63) is 52.6 Å². The highest BCUT2D eigenvalue weighted by atomic mass is 32.2. The third kappa shape index (κ3) is 5.47. The molecule has 0 aliphatic heterocycles. The van der Waals surface area contributed by atoms with E-state index in [1.54, 1.807) is 24.3 Å². The molecule has 0 bridgehead atoms. The molecular formula is C20H24N4O5S. The summed E-state index contributed by atoms with van der Waals surface area (Å²) in [7, 11) is -2.50. The Kier molecular flexibility index (Phi) is 6.88. The second kappa shape index (κ2) is 9.57. The lowest BCUT2D eigenvalue weighted by Crippen LogP contribution is -2.13. The monoisotopic (exact) mass is 432 g/mol. The number of nitrogens with zero attached hydrogens (tertiary/aromatic N) is 2. The zero-order valence-corrected chi connectivity index (χ0v) is 17.4. The lowest BCUT2D eigenvalue weighted by molar-refractivity contribution is -0.384. The number of nitro benzene ring substituents is 1. The van der Waals surface area contributed by atoms with Crippen molar-refractivity contribution >= 4 is 32.8 Å². The van der Waals surface area contributed by atoms with Crippen molar-refractivity contribution in [1.29, 1.82) is 0 Å². The first-order valence-electron chi connectivity index (χ1n) is 9.66. The molecule has 1 aliphatic rings. The van der Waals surface area contributed by atoms with Crippen LogP contribution in [0.25, 0.3) is 0 Å². The molecule has 0 saturated heterocycles. The van der Waals surface area contributed by atoms with Gasteiger partial charge in [-0.3, -0.25) is 20.3 Å². The van der Waals surface area contributed by atoms with E-state index in [9.17, 15) is 18.5 Å². The van der Waals surface area contributed by atoms with E-state index in [1.165, 1.54) is 19.2 Å². The summed E-state index contributed by atoms with van der Waals surface area (Å²) in [6.07, 6.45) is 6.14. The summed E-state index contributed by atoms with van der Waals surface area (Å²) < 4.78 is 32.8. The molecule has 9 nitrogen and oxygen atoms in total. The van der Waals surface area contributed by atoms with Gasteiger partial charge in [-0.15, -0.1) is 0 Å². The van der Waals surface area contributed by atoms with Gasteiger partial charge in [-0.25, -0.2) is 8.42 Å². The number of anilines is 2. The molecular weight excluding hydrogens is 408 g/mol. The van der Waals surface area contributed by atoms with Crippen molar-refractivity contribution in [2.45, 2.75) is 43.4 Å². The smallest absolute Gasteiger partial charge is 0.295 e. The fourth-order valence-electron chi connectivity index (χ4n) is 3.19. The first-order valence-corrected chi connectivity index (χ1v) is 11.1. The minimum atomic E-state index is -4.00. The van der Waals surface area contributed by atoms with Gasteiger partial charge in [0.2, 0.25) is 0 Å². The molecule has 0 spiro atoms. The number of hydrazone groups is 1. The Hall–Kier alpha value is -3.14.